The van der Waals surface area contributed by atoms with Crippen molar-refractivity contribution in [2.75, 3.05) is 0 Å². The SMILES string of the molecule is CC(=O)O[C@H]1[C@@H]2[C@H]([C@H](C)[C@H]3O[C@]34OC(=O)[C@@](C)(O)[C@]24C)[C@@]2(C)[C@@H](OC(C)=O)CC3C([C@H]12)[C@@H](OC(C)=O)C(=O)[C@@]1(O)C[C@@H]2O[C@@H]2[C@H](O)[C@]31C. The van der Waals surface area contributed by atoms with Crippen molar-refractivity contribution in [1.82, 2.24) is 0 Å². The number of hydrogen-bond donors (Lipinski definition) is 3. The highest BCUT2D eigenvalue weighted by Crippen LogP contribution is 2.81. The fourth-order valence-electron chi connectivity index (χ4n) is 12.7. The maximum absolute atomic E-state index is 14.7. The normalized spacial score (nSPS) is 59.6. The number of epoxide rings is 2. The summed E-state index contributed by atoms with van der Waals surface area (Å²) in [6.45, 7) is 12.1. The topological polar surface area (TPSA) is 208 Å². The first kappa shape index (κ1) is 32.5. The van der Waals surface area contributed by atoms with Crippen molar-refractivity contribution in [1.29, 1.82) is 0 Å². The molecular formula is C34H44O14. The number of esters is 4. The zero-order chi connectivity index (χ0) is 35.0. The molecule has 19 atom stereocenters. The number of aliphatic hydroxyl groups is 3. The van der Waals surface area contributed by atoms with Crippen LogP contribution in [0, 0.1) is 51.8 Å². The van der Waals surface area contributed by atoms with E-state index < -0.39 is 141 Å². The molecule has 8 aliphatic rings. The predicted molar refractivity (Wildman–Crippen MR) is 156 cm³/mol. The van der Waals surface area contributed by atoms with Crippen molar-refractivity contribution in [3.8, 4) is 0 Å². The van der Waals surface area contributed by atoms with Gasteiger partial charge in [0.05, 0.1) is 17.6 Å². The first-order valence-corrected chi connectivity index (χ1v) is 16.9. The predicted octanol–water partition coefficient (Wildman–Crippen LogP) is 0.197. The summed E-state index contributed by atoms with van der Waals surface area (Å²) in [5.74, 6) is -9.73. The molecule has 0 aromatic carbocycles. The highest BCUT2D eigenvalue weighted by Gasteiger charge is 2.93. The number of carbonyl (C=O) groups is 5. The number of rotatable bonds is 3. The van der Waals surface area contributed by atoms with E-state index in [0.717, 1.165) is 6.92 Å². The Morgan fingerprint density at radius 3 is 2.12 bits per heavy atom. The summed E-state index contributed by atoms with van der Waals surface area (Å²) in [5.41, 5.74) is -8.46. The molecule has 0 radical (unpaired) electrons. The van der Waals surface area contributed by atoms with Gasteiger partial charge >= 0.3 is 23.9 Å². The van der Waals surface area contributed by atoms with Crippen molar-refractivity contribution in [3.05, 3.63) is 0 Å². The van der Waals surface area contributed by atoms with Crippen molar-refractivity contribution >= 4 is 29.7 Å². The van der Waals surface area contributed by atoms with E-state index in [2.05, 4.69) is 0 Å². The Kier molecular flexibility index (Phi) is 6.22. The van der Waals surface area contributed by atoms with Gasteiger partial charge in [-0.15, -0.1) is 0 Å². The van der Waals surface area contributed by atoms with E-state index in [1.165, 1.54) is 20.8 Å². The van der Waals surface area contributed by atoms with Gasteiger partial charge in [-0.3, -0.25) is 19.2 Å². The van der Waals surface area contributed by atoms with Crippen molar-refractivity contribution < 1.29 is 67.7 Å². The third-order valence-corrected chi connectivity index (χ3v) is 14.9. The van der Waals surface area contributed by atoms with Gasteiger partial charge in [0.2, 0.25) is 11.6 Å². The summed E-state index contributed by atoms with van der Waals surface area (Å²) < 4.78 is 36.1. The third kappa shape index (κ3) is 3.31. The van der Waals surface area contributed by atoms with Crippen LogP contribution in [0.25, 0.3) is 0 Å². The molecule has 1 spiro atoms. The first-order chi connectivity index (χ1) is 22.2. The molecule has 3 N–H and O–H groups in total. The quantitative estimate of drug-likeness (QED) is 0.207. The lowest BCUT2D eigenvalue weighted by Crippen LogP contribution is -2.77. The summed E-state index contributed by atoms with van der Waals surface area (Å²) in [6.07, 6.45) is -6.82. The summed E-state index contributed by atoms with van der Waals surface area (Å²) in [6, 6.07) is 0. The Labute approximate surface area is 277 Å². The van der Waals surface area contributed by atoms with Crippen LogP contribution in [0.15, 0.2) is 0 Å². The van der Waals surface area contributed by atoms with Crippen molar-refractivity contribution in [3.63, 3.8) is 0 Å². The van der Waals surface area contributed by atoms with Crippen molar-refractivity contribution in [2.45, 2.75) is 128 Å². The van der Waals surface area contributed by atoms with E-state index in [1.807, 2.05) is 13.8 Å². The third-order valence-electron chi connectivity index (χ3n) is 14.9. The Balaban J connectivity index is 1.40. The molecule has 8 fully saturated rings. The van der Waals surface area contributed by atoms with Crippen LogP contribution in [-0.4, -0.2) is 105 Å². The fourth-order valence-corrected chi connectivity index (χ4v) is 12.7. The van der Waals surface area contributed by atoms with E-state index in [4.69, 9.17) is 28.4 Å². The molecule has 8 rings (SSSR count). The second-order valence-electron chi connectivity index (χ2n) is 16.6. The fraction of sp³-hybridized carbons (Fsp3) is 0.853. The molecule has 48 heavy (non-hydrogen) atoms. The summed E-state index contributed by atoms with van der Waals surface area (Å²) >= 11 is 0. The molecule has 14 nitrogen and oxygen atoms in total. The minimum atomic E-state index is -2.17. The average Bonchev–Trinajstić information content (AvgIpc) is 3.88. The number of Topliss-reactive ketones (excluding diaryl/α,β-unsaturated/α-hetero) is 1. The Morgan fingerprint density at radius 1 is 0.896 bits per heavy atom. The second kappa shape index (κ2) is 9.17. The Morgan fingerprint density at radius 2 is 1.52 bits per heavy atom. The van der Waals surface area contributed by atoms with Gasteiger partial charge in [0.25, 0.3) is 0 Å². The molecule has 0 aromatic rings. The lowest BCUT2D eigenvalue weighted by molar-refractivity contribution is -0.267. The summed E-state index contributed by atoms with van der Waals surface area (Å²) in [5, 5.41) is 36.2. The van der Waals surface area contributed by atoms with E-state index in [9.17, 15) is 39.3 Å². The van der Waals surface area contributed by atoms with Gasteiger partial charge < -0.3 is 43.7 Å². The number of hydrogen-bond acceptors (Lipinski definition) is 14. The molecule has 2 unspecified atom stereocenters. The lowest BCUT2D eigenvalue weighted by Gasteiger charge is -2.65. The molecule has 264 valence electrons. The molecule has 3 saturated heterocycles. The molecule has 0 aromatic heterocycles. The highest BCUT2D eigenvalue weighted by molar-refractivity contribution is 5.95. The first-order valence-electron chi connectivity index (χ1n) is 16.9. The second-order valence-corrected chi connectivity index (χ2v) is 16.6. The van der Waals surface area contributed by atoms with Crippen LogP contribution in [0.5, 0.6) is 0 Å². The monoisotopic (exact) mass is 676 g/mol. The Bertz CT molecular complexity index is 1560. The van der Waals surface area contributed by atoms with Crippen LogP contribution in [0.4, 0.5) is 0 Å². The van der Waals surface area contributed by atoms with E-state index in [1.54, 1.807) is 13.8 Å². The van der Waals surface area contributed by atoms with Crippen LogP contribution in [0.3, 0.4) is 0 Å². The smallest absolute Gasteiger partial charge is 0.341 e. The van der Waals surface area contributed by atoms with Gasteiger partial charge in [-0.25, -0.2) is 4.79 Å². The van der Waals surface area contributed by atoms with Crippen LogP contribution in [-0.2, 0) is 52.4 Å². The van der Waals surface area contributed by atoms with Crippen LogP contribution >= 0.6 is 0 Å². The number of aliphatic hydroxyl groups excluding tert-OH is 1. The van der Waals surface area contributed by atoms with E-state index in [-0.39, 0.29) is 12.8 Å². The van der Waals surface area contributed by atoms with Gasteiger partial charge in [0, 0.05) is 55.8 Å². The largest absolute Gasteiger partial charge is 0.462 e. The van der Waals surface area contributed by atoms with Crippen molar-refractivity contribution in [2.24, 2.45) is 51.8 Å². The van der Waals surface area contributed by atoms with Gasteiger partial charge in [0.15, 0.2) is 11.7 Å². The number of carbonyl (C=O) groups excluding carboxylic acids is 5. The molecule has 5 saturated carbocycles. The van der Waals surface area contributed by atoms with Crippen LogP contribution < -0.4 is 0 Å². The molecule has 3 aliphatic heterocycles. The minimum Gasteiger partial charge on any atom is -0.462 e. The zero-order valence-electron chi connectivity index (χ0n) is 28.3. The molecule has 0 bridgehead atoms. The molecule has 14 heteroatoms. The summed E-state index contributed by atoms with van der Waals surface area (Å²) in [4.78, 5) is 66.8. The number of ketones is 1. The van der Waals surface area contributed by atoms with E-state index in [0.29, 0.717) is 0 Å². The maximum Gasteiger partial charge on any atom is 0.341 e. The Hall–Kier alpha value is -2.65. The molecule has 3 heterocycles. The van der Waals surface area contributed by atoms with Gasteiger partial charge in [-0.2, -0.15) is 0 Å². The average molecular weight is 677 g/mol. The minimum absolute atomic E-state index is 0.0531. The molecule has 0 amide bonds. The van der Waals surface area contributed by atoms with E-state index >= 15 is 0 Å². The molecule has 5 aliphatic carbocycles. The van der Waals surface area contributed by atoms with Gasteiger partial charge in [-0.05, 0) is 38.0 Å². The van der Waals surface area contributed by atoms with Crippen LogP contribution in [0.2, 0.25) is 0 Å². The number of ether oxygens (including phenoxy) is 6. The standard InChI is InChI=1S/C34H44O14/c1-11-19-21(31(7)32(8,41)28(40)48-34(31)27(11)47-34)24(45-14(4)37)20-18-15(9-17(29(19,20)5)43-12(2)35)30(6)25(38)22-16(46-22)10-33(30,42)26(39)23(18)44-13(3)36/h11,15-25,27,38,41-42H,9-10H2,1-8H3/t11-,15?,16-,17-,18?,19-,20+,21-,22-,23+,24+,25-,27+,29+,30-,31-,32+,33-,34-/m0/s1. The molecular weight excluding hydrogens is 632 g/mol. The number of fused-ring (bicyclic) bond motifs is 9. The highest BCUT2D eigenvalue weighted by atomic mass is 16.8. The maximum atomic E-state index is 14.7. The lowest BCUT2D eigenvalue weighted by atomic mass is 9.40. The zero-order valence-corrected chi connectivity index (χ0v) is 28.3. The van der Waals surface area contributed by atoms with Gasteiger partial charge in [0.1, 0.15) is 30.0 Å². The summed E-state index contributed by atoms with van der Waals surface area (Å²) in [7, 11) is 0. The van der Waals surface area contributed by atoms with Gasteiger partial charge in [-0.1, -0.05) is 20.8 Å². The van der Waals surface area contributed by atoms with Crippen LogP contribution in [0.1, 0.15) is 68.2 Å².